The monoisotopic (exact) mass is 546 g/mol. The number of halogens is 1. The number of aliphatic hydroxyl groups is 1. The van der Waals surface area contributed by atoms with Crippen LogP contribution in [-0.2, 0) is 18.4 Å². The van der Waals surface area contributed by atoms with E-state index in [1.54, 1.807) is 26.2 Å². The van der Waals surface area contributed by atoms with Crippen molar-refractivity contribution >= 4 is 35.2 Å². The van der Waals surface area contributed by atoms with E-state index in [0.29, 0.717) is 27.7 Å². The molecule has 0 fully saturated rings. The van der Waals surface area contributed by atoms with Crippen LogP contribution in [0.15, 0.2) is 54.9 Å². The molecule has 3 N–H and O–H groups in total. The number of hydrogen-bond acceptors (Lipinski definition) is 8. The van der Waals surface area contributed by atoms with Gasteiger partial charge in [-0.2, -0.15) is 9.90 Å². The molecule has 0 aliphatic carbocycles. The fourth-order valence-electron chi connectivity index (χ4n) is 4.49. The maximum Gasteiger partial charge on any atom is 0.255 e. The zero-order valence-corrected chi connectivity index (χ0v) is 22.3. The van der Waals surface area contributed by atoms with Crippen molar-refractivity contribution in [2.45, 2.75) is 32.5 Å². The van der Waals surface area contributed by atoms with Crippen LogP contribution in [0.3, 0.4) is 0 Å². The van der Waals surface area contributed by atoms with E-state index in [-0.39, 0.29) is 30.9 Å². The number of hydrogen-bond donors (Lipinski definition) is 3. The highest BCUT2D eigenvalue weighted by Crippen LogP contribution is 2.32. The van der Waals surface area contributed by atoms with Gasteiger partial charge in [0.25, 0.3) is 5.91 Å². The fourth-order valence-corrected chi connectivity index (χ4v) is 4.69. The molecule has 1 aliphatic heterocycles. The van der Waals surface area contributed by atoms with Gasteiger partial charge in [-0.1, -0.05) is 53.6 Å². The van der Waals surface area contributed by atoms with Crippen molar-refractivity contribution < 1.29 is 14.7 Å². The summed E-state index contributed by atoms with van der Waals surface area (Å²) in [6.07, 6.45) is 3.02. The molecule has 5 rings (SSSR count). The second-order valence-electron chi connectivity index (χ2n) is 9.37. The Hall–Kier alpha value is -4.35. The quantitative estimate of drug-likeness (QED) is 0.306. The first kappa shape index (κ1) is 26.3. The molecule has 0 saturated carbocycles. The minimum Gasteiger partial charge on any atom is -0.394 e. The van der Waals surface area contributed by atoms with E-state index in [2.05, 4.69) is 30.8 Å². The normalized spacial score (nSPS) is 14.2. The number of aromatic nitrogens is 5. The smallest absolute Gasteiger partial charge is 0.255 e. The van der Waals surface area contributed by atoms with Crippen LogP contribution in [0.25, 0.3) is 11.3 Å². The highest BCUT2D eigenvalue weighted by molar-refractivity contribution is 6.33. The van der Waals surface area contributed by atoms with Crippen molar-refractivity contribution in [3.8, 4) is 11.3 Å². The molecule has 1 aliphatic rings. The molecule has 39 heavy (non-hydrogen) atoms. The predicted molar refractivity (Wildman–Crippen MR) is 145 cm³/mol. The second-order valence-corrected chi connectivity index (χ2v) is 9.78. The Morgan fingerprint density at radius 1 is 1.21 bits per heavy atom. The van der Waals surface area contributed by atoms with Crippen molar-refractivity contribution in [3.05, 3.63) is 82.1 Å². The largest absolute Gasteiger partial charge is 0.394 e. The minimum atomic E-state index is -0.752. The summed E-state index contributed by atoms with van der Waals surface area (Å²) < 4.78 is 0. The zero-order chi connectivity index (χ0) is 27.7. The van der Waals surface area contributed by atoms with Gasteiger partial charge in [0.1, 0.15) is 6.04 Å². The first-order valence-corrected chi connectivity index (χ1v) is 12.7. The van der Waals surface area contributed by atoms with Crippen LogP contribution in [0.2, 0.25) is 5.02 Å². The molecule has 2 aromatic carbocycles. The molecule has 2 atom stereocenters. The van der Waals surface area contributed by atoms with E-state index in [4.69, 9.17) is 11.6 Å². The number of amides is 2. The topological polar surface area (TPSA) is 138 Å². The van der Waals surface area contributed by atoms with Gasteiger partial charge in [0.2, 0.25) is 11.9 Å². The van der Waals surface area contributed by atoms with Crippen molar-refractivity contribution in [2.75, 3.05) is 11.9 Å². The Morgan fingerprint density at radius 2 is 2.03 bits per heavy atom. The number of carbonyl (C=O) groups excluding carboxylic acids is 2. The summed E-state index contributed by atoms with van der Waals surface area (Å²) in [7, 11) is 1.70. The van der Waals surface area contributed by atoms with Crippen molar-refractivity contribution in [1.29, 1.82) is 0 Å². The van der Waals surface area contributed by atoms with E-state index < -0.39 is 12.1 Å². The van der Waals surface area contributed by atoms with Gasteiger partial charge in [0.05, 0.1) is 35.8 Å². The molecule has 0 saturated heterocycles. The summed E-state index contributed by atoms with van der Waals surface area (Å²) in [5.41, 5.74) is 4.17. The number of anilines is 2. The Kier molecular flexibility index (Phi) is 7.27. The van der Waals surface area contributed by atoms with Crippen LogP contribution in [-0.4, -0.2) is 59.4 Å². The third-order valence-corrected chi connectivity index (χ3v) is 6.87. The number of benzene rings is 2. The lowest BCUT2D eigenvalue weighted by molar-refractivity contribution is -0.126. The van der Waals surface area contributed by atoms with E-state index in [0.717, 1.165) is 16.7 Å². The Labute approximate surface area is 229 Å². The number of aryl methyl sites for hydroxylation is 2. The molecule has 2 aromatic heterocycles. The molecular formula is C27H27ClN8O3. The van der Waals surface area contributed by atoms with Crippen LogP contribution >= 0.6 is 11.6 Å². The second kappa shape index (κ2) is 10.8. The Bertz CT molecular complexity index is 1560. The summed E-state index contributed by atoms with van der Waals surface area (Å²) >= 11 is 6.41. The first-order valence-electron chi connectivity index (χ1n) is 12.3. The molecule has 3 heterocycles. The van der Waals surface area contributed by atoms with Crippen LogP contribution in [0, 0.1) is 6.92 Å². The molecule has 0 radical (unpaired) electrons. The van der Waals surface area contributed by atoms with Gasteiger partial charge in [-0.25, -0.2) is 9.97 Å². The number of nitrogens with zero attached hydrogens (tertiary/aromatic N) is 6. The molecule has 0 spiro atoms. The Morgan fingerprint density at radius 3 is 2.74 bits per heavy atom. The van der Waals surface area contributed by atoms with Gasteiger partial charge >= 0.3 is 0 Å². The average Bonchev–Trinajstić information content (AvgIpc) is 3.49. The Balaban J connectivity index is 1.33. The molecule has 12 heteroatoms. The van der Waals surface area contributed by atoms with E-state index >= 15 is 0 Å². The molecule has 200 valence electrons. The molecule has 4 aromatic rings. The highest BCUT2D eigenvalue weighted by atomic mass is 35.5. The molecule has 11 nitrogen and oxygen atoms in total. The van der Waals surface area contributed by atoms with Crippen LogP contribution in [0.5, 0.6) is 0 Å². The van der Waals surface area contributed by atoms with Gasteiger partial charge in [0.15, 0.2) is 5.82 Å². The minimum absolute atomic E-state index is 0.257. The summed E-state index contributed by atoms with van der Waals surface area (Å²) in [6, 6.07) is 11.7. The van der Waals surface area contributed by atoms with Crippen LogP contribution in [0.1, 0.15) is 40.0 Å². The number of fused-ring (bicyclic) bond motifs is 1. The standard InChI is InChI=1S/C27H27ClN8O3/c1-15-5-4-6-17(9-15)22(14-37)31-25(38)16(2)36-13-19-8-7-18(10-20(19)26(36)39)24-21(28)11-29-27(33-24)32-23-12-30-35(3)34-23/h4-12,16,22,37H,13-14H2,1-3H3,(H,31,38)(H,29,32,33,34)/t16-,22-/m1/s1. The lowest BCUT2D eigenvalue weighted by atomic mass is 10.0. The maximum absolute atomic E-state index is 13.4. The van der Waals surface area contributed by atoms with E-state index in [1.807, 2.05) is 43.3 Å². The molecule has 0 unspecified atom stereocenters. The number of nitrogens with one attached hydrogen (secondary N) is 2. The lowest BCUT2D eigenvalue weighted by Crippen LogP contribution is -2.46. The molecular weight excluding hydrogens is 520 g/mol. The van der Waals surface area contributed by atoms with Crippen LogP contribution < -0.4 is 10.6 Å². The average molecular weight is 547 g/mol. The van der Waals surface area contributed by atoms with Gasteiger partial charge in [0, 0.05) is 24.7 Å². The van der Waals surface area contributed by atoms with Crippen LogP contribution in [0.4, 0.5) is 11.8 Å². The highest BCUT2D eigenvalue weighted by Gasteiger charge is 2.35. The van der Waals surface area contributed by atoms with E-state index in [1.165, 1.54) is 15.9 Å². The SMILES string of the molecule is Cc1cccc([C@@H](CO)NC(=O)[C@@H](C)N2Cc3ccc(-c4nc(Nc5cnn(C)n5)ncc4Cl)cc3C2=O)c1. The summed E-state index contributed by atoms with van der Waals surface area (Å²) in [5, 5.41) is 24.2. The summed E-state index contributed by atoms with van der Waals surface area (Å²) in [5.74, 6) is 0.133. The van der Waals surface area contributed by atoms with E-state index in [9.17, 15) is 14.7 Å². The van der Waals surface area contributed by atoms with Crippen molar-refractivity contribution in [1.82, 2.24) is 35.2 Å². The first-order chi connectivity index (χ1) is 18.7. The van der Waals surface area contributed by atoms with Gasteiger partial charge in [-0.3, -0.25) is 9.59 Å². The zero-order valence-electron chi connectivity index (χ0n) is 21.6. The number of carbonyl (C=O) groups is 2. The van der Waals surface area contributed by atoms with Crippen molar-refractivity contribution in [2.24, 2.45) is 7.05 Å². The van der Waals surface area contributed by atoms with Gasteiger partial charge < -0.3 is 20.6 Å². The van der Waals surface area contributed by atoms with Gasteiger partial charge in [-0.05, 0) is 31.0 Å². The third kappa shape index (κ3) is 5.45. The predicted octanol–water partition coefficient (Wildman–Crippen LogP) is 3.17. The molecule has 2 amide bonds. The van der Waals surface area contributed by atoms with Gasteiger partial charge in [-0.15, -0.1) is 5.10 Å². The third-order valence-electron chi connectivity index (χ3n) is 6.59. The number of rotatable bonds is 8. The number of aliphatic hydroxyl groups excluding tert-OH is 1. The lowest BCUT2D eigenvalue weighted by Gasteiger charge is -2.26. The summed E-state index contributed by atoms with van der Waals surface area (Å²) in [6.45, 7) is 3.65. The fraction of sp³-hybridized carbons (Fsp3) is 0.259. The molecule has 0 bridgehead atoms. The maximum atomic E-state index is 13.4. The van der Waals surface area contributed by atoms with Crippen molar-refractivity contribution in [3.63, 3.8) is 0 Å². The summed E-state index contributed by atoms with van der Waals surface area (Å²) in [4.78, 5) is 38.1.